The summed E-state index contributed by atoms with van der Waals surface area (Å²) in [6, 6.07) is 8.27. The van der Waals surface area contributed by atoms with Gasteiger partial charge in [0.25, 0.3) is 0 Å². The summed E-state index contributed by atoms with van der Waals surface area (Å²) in [6.07, 6.45) is 1.17. The lowest BCUT2D eigenvalue weighted by Gasteiger charge is -2.22. The molecule has 0 amide bonds. The summed E-state index contributed by atoms with van der Waals surface area (Å²) < 4.78 is 11.6. The van der Waals surface area contributed by atoms with Gasteiger partial charge in [-0.15, -0.1) is 24.0 Å². The Labute approximate surface area is 181 Å². The van der Waals surface area contributed by atoms with E-state index < -0.39 is 0 Å². The molecule has 1 atom stereocenters. The van der Waals surface area contributed by atoms with E-state index in [1.165, 1.54) is 12.0 Å². The van der Waals surface area contributed by atoms with Crippen molar-refractivity contribution in [3.8, 4) is 5.75 Å². The topological polar surface area (TPSA) is 46.1 Å². The SMILES string of the molecule is CCNC(=NCCOc1ccccc1C(C)C)N1CCC(COCC)C1.I. The molecule has 1 heterocycles. The Bertz CT molecular complexity index is 566. The molecule has 0 aromatic heterocycles. The molecule has 6 heteroatoms. The maximum Gasteiger partial charge on any atom is 0.194 e. The second-order valence-corrected chi connectivity index (χ2v) is 7.04. The number of nitrogens with zero attached hydrogens (tertiary/aromatic N) is 2. The molecule has 1 aromatic rings. The van der Waals surface area contributed by atoms with E-state index in [9.17, 15) is 0 Å². The lowest BCUT2D eigenvalue weighted by atomic mass is 10.0. The normalized spacial score (nSPS) is 17.1. The fourth-order valence-corrected chi connectivity index (χ4v) is 3.27. The summed E-state index contributed by atoms with van der Waals surface area (Å²) in [4.78, 5) is 7.11. The van der Waals surface area contributed by atoms with Gasteiger partial charge < -0.3 is 19.7 Å². The van der Waals surface area contributed by atoms with Gasteiger partial charge in [-0.3, -0.25) is 0 Å². The molecule has 1 unspecified atom stereocenters. The van der Waals surface area contributed by atoms with Gasteiger partial charge in [0.1, 0.15) is 12.4 Å². The molecule has 1 N–H and O–H groups in total. The summed E-state index contributed by atoms with van der Waals surface area (Å²) in [7, 11) is 0. The highest BCUT2D eigenvalue weighted by atomic mass is 127. The molecule has 0 spiro atoms. The van der Waals surface area contributed by atoms with Crippen molar-refractivity contribution in [3.05, 3.63) is 29.8 Å². The van der Waals surface area contributed by atoms with E-state index in [-0.39, 0.29) is 24.0 Å². The first-order chi connectivity index (χ1) is 12.7. The van der Waals surface area contributed by atoms with Gasteiger partial charge in [-0.1, -0.05) is 32.0 Å². The van der Waals surface area contributed by atoms with E-state index in [1.54, 1.807) is 0 Å². The van der Waals surface area contributed by atoms with Crippen LogP contribution >= 0.6 is 24.0 Å². The fraction of sp³-hybridized carbons (Fsp3) is 0.667. The quantitative estimate of drug-likeness (QED) is 0.245. The molecule has 2 rings (SSSR count). The lowest BCUT2D eigenvalue weighted by Crippen LogP contribution is -2.40. The molecule has 0 aliphatic carbocycles. The van der Waals surface area contributed by atoms with Crippen molar-refractivity contribution in [3.63, 3.8) is 0 Å². The number of nitrogens with one attached hydrogen (secondary N) is 1. The number of benzene rings is 1. The standard InChI is InChI=1S/C21H35N3O2.HI/c1-5-22-21(24-13-11-18(15-24)16-25-6-2)23-12-14-26-20-10-8-7-9-19(20)17(3)4;/h7-10,17-18H,5-6,11-16H2,1-4H3,(H,22,23);1H. The molecule has 1 aliphatic rings. The number of likely N-dealkylation sites (tertiary alicyclic amines) is 1. The monoisotopic (exact) mass is 489 g/mol. The summed E-state index contributed by atoms with van der Waals surface area (Å²) in [5.41, 5.74) is 1.25. The minimum absolute atomic E-state index is 0. The summed E-state index contributed by atoms with van der Waals surface area (Å²) in [5, 5.41) is 3.41. The first-order valence-electron chi connectivity index (χ1n) is 9.98. The minimum Gasteiger partial charge on any atom is -0.491 e. The highest BCUT2D eigenvalue weighted by Crippen LogP contribution is 2.25. The van der Waals surface area contributed by atoms with Crippen LogP contribution in [0.1, 0.15) is 45.6 Å². The Balaban J connectivity index is 0.00000364. The van der Waals surface area contributed by atoms with Crippen molar-refractivity contribution >= 4 is 29.9 Å². The van der Waals surface area contributed by atoms with Crippen LogP contribution < -0.4 is 10.1 Å². The highest BCUT2D eigenvalue weighted by Gasteiger charge is 2.24. The number of rotatable bonds is 9. The average Bonchev–Trinajstić information content (AvgIpc) is 3.11. The van der Waals surface area contributed by atoms with Crippen molar-refractivity contribution < 1.29 is 9.47 Å². The van der Waals surface area contributed by atoms with E-state index in [0.29, 0.717) is 25.0 Å². The molecule has 0 saturated carbocycles. The molecule has 27 heavy (non-hydrogen) atoms. The smallest absolute Gasteiger partial charge is 0.194 e. The highest BCUT2D eigenvalue weighted by molar-refractivity contribution is 14.0. The van der Waals surface area contributed by atoms with Gasteiger partial charge in [-0.05, 0) is 37.8 Å². The molecule has 1 fully saturated rings. The minimum atomic E-state index is 0. The van der Waals surface area contributed by atoms with Crippen molar-refractivity contribution in [1.82, 2.24) is 10.2 Å². The Kier molecular flexibility index (Phi) is 11.7. The van der Waals surface area contributed by atoms with Crippen LogP contribution in [0.15, 0.2) is 29.3 Å². The molecule has 5 nitrogen and oxygen atoms in total. The van der Waals surface area contributed by atoms with Crippen molar-refractivity contribution in [2.45, 2.75) is 40.0 Å². The second-order valence-electron chi connectivity index (χ2n) is 7.04. The predicted molar refractivity (Wildman–Crippen MR) is 124 cm³/mol. The zero-order chi connectivity index (χ0) is 18.8. The van der Waals surface area contributed by atoms with E-state index in [0.717, 1.165) is 44.6 Å². The van der Waals surface area contributed by atoms with Crippen molar-refractivity contribution in [1.29, 1.82) is 0 Å². The van der Waals surface area contributed by atoms with Gasteiger partial charge in [0, 0.05) is 32.2 Å². The van der Waals surface area contributed by atoms with Crippen molar-refractivity contribution in [2.24, 2.45) is 10.9 Å². The number of hydrogen-bond acceptors (Lipinski definition) is 3. The maximum absolute atomic E-state index is 5.99. The van der Waals surface area contributed by atoms with Gasteiger partial charge >= 0.3 is 0 Å². The average molecular weight is 489 g/mol. The molecule has 0 radical (unpaired) electrons. The number of para-hydroxylation sites is 1. The zero-order valence-corrected chi connectivity index (χ0v) is 19.6. The summed E-state index contributed by atoms with van der Waals surface area (Å²) in [6.45, 7) is 14.4. The summed E-state index contributed by atoms with van der Waals surface area (Å²) in [5.74, 6) is 3.03. The molecule has 0 bridgehead atoms. The Morgan fingerprint density at radius 2 is 2.07 bits per heavy atom. The number of aliphatic imine (C=N–C) groups is 1. The number of halogens is 1. The molecule has 1 aliphatic heterocycles. The third-order valence-electron chi connectivity index (χ3n) is 4.63. The van der Waals surface area contributed by atoms with E-state index in [1.807, 2.05) is 12.1 Å². The van der Waals surface area contributed by atoms with Gasteiger partial charge in [0.15, 0.2) is 5.96 Å². The molecule has 154 valence electrons. The van der Waals surface area contributed by atoms with Crippen LogP contribution in [0.25, 0.3) is 0 Å². The van der Waals surface area contributed by atoms with E-state index in [2.05, 4.69) is 50.0 Å². The molecule has 1 saturated heterocycles. The Hall–Kier alpha value is -1.02. The van der Waals surface area contributed by atoms with Crippen LogP contribution in [-0.4, -0.2) is 56.9 Å². The number of guanidine groups is 1. The molecular weight excluding hydrogens is 453 g/mol. The van der Waals surface area contributed by atoms with E-state index in [4.69, 9.17) is 14.5 Å². The predicted octanol–water partition coefficient (Wildman–Crippen LogP) is 4.13. The van der Waals surface area contributed by atoms with Crippen LogP contribution in [0.3, 0.4) is 0 Å². The zero-order valence-electron chi connectivity index (χ0n) is 17.2. The Morgan fingerprint density at radius 3 is 2.78 bits per heavy atom. The third kappa shape index (κ3) is 7.86. The van der Waals surface area contributed by atoms with Gasteiger partial charge in [-0.2, -0.15) is 0 Å². The van der Waals surface area contributed by atoms with Crippen LogP contribution in [0.4, 0.5) is 0 Å². The van der Waals surface area contributed by atoms with Gasteiger partial charge in [-0.25, -0.2) is 4.99 Å². The van der Waals surface area contributed by atoms with Gasteiger partial charge in [0.05, 0.1) is 13.2 Å². The molecule has 1 aromatic carbocycles. The van der Waals surface area contributed by atoms with Crippen LogP contribution in [0.5, 0.6) is 5.75 Å². The third-order valence-corrected chi connectivity index (χ3v) is 4.63. The number of ether oxygens (including phenoxy) is 2. The van der Waals surface area contributed by atoms with Crippen LogP contribution in [-0.2, 0) is 4.74 Å². The second kappa shape index (κ2) is 13.2. The van der Waals surface area contributed by atoms with Crippen LogP contribution in [0, 0.1) is 5.92 Å². The first kappa shape index (κ1) is 24.0. The fourth-order valence-electron chi connectivity index (χ4n) is 3.27. The van der Waals surface area contributed by atoms with Gasteiger partial charge in [0.2, 0.25) is 0 Å². The van der Waals surface area contributed by atoms with E-state index >= 15 is 0 Å². The summed E-state index contributed by atoms with van der Waals surface area (Å²) >= 11 is 0. The molecular formula is C21H36IN3O2. The number of hydrogen-bond donors (Lipinski definition) is 1. The Morgan fingerprint density at radius 1 is 1.30 bits per heavy atom. The maximum atomic E-state index is 5.99. The van der Waals surface area contributed by atoms with Crippen molar-refractivity contribution in [2.75, 3.05) is 46.0 Å². The lowest BCUT2D eigenvalue weighted by molar-refractivity contribution is 0.114. The first-order valence-corrected chi connectivity index (χ1v) is 9.98. The van der Waals surface area contributed by atoms with Crippen LogP contribution in [0.2, 0.25) is 0 Å². The largest absolute Gasteiger partial charge is 0.491 e.